The van der Waals surface area contributed by atoms with Crippen molar-refractivity contribution in [3.63, 3.8) is 0 Å². The molecule has 3 aromatic rings. The number of anilines is 1. The molecule has 0 aliphatic carbocycles. The second kappa shape index (κ2) is 5.45. The summed E-state index contributed by atoms with van der Waals surface area (Å²) < 4.78 is 0.582. The zero-order chi connectivity index (χ0) is 14.8. The molecule has 0 aromatic carbocycles. The Hall–Kier alpha value is -2.54. The van der Waals surface area contributed by atoms with Crippen LogP contribution in [0.15, 0.2) is 35.8 Å². The van der Waals surface area contributed by atoms with Crippen molar-refractivity contribution in [2.45, 2.75) is 13.0 Å². The van der Waals surface area contributed by atoms with E-state index in [1.54, 1.807) is 17.6 Å². The standard InChI is InChI=1S/C14H12N4O2S/c1-8(9-4-2-3-6-15-9)16-14-17-10-5-7-21-12(10)11(18-14)13(19)20/h2-8H,1H3,(H,19,20)(H,16,17,18). The Balaban J connectivity index is 1.95. The number of carbonyl (C=O) groups is 1. The Labute approximate surface area is 124 Å². The molecular formula is C14H12N4O2S. The topological polar surface area (TPSA) is 88.0 Å². The Morgan fingerprint density at radius 3 is 2.90 bits per heavy atom. The molecule has 0 radical (unpaired) electrons. The van der Waals surface area contributed by atoms with E-state index in [0.29, 0.717) is 10.2 Å². The molecule has 0 spiro atoms. The average Bonchev–Trinajstić information content (AvgIpc) is 2.95. The molecule has 3 heterocycles. The van der Waals surface area contributed by atoms with Gasteiger partial charge in [-0.15, -0.1) is 11.3 Å². The molecule has 0 saturated heterocycles. The summed E-state index contributed by atoms with van der Waals surface area (Å²) in [5.41, 5.74) is 1.48. The van der Waals surface area contributed by atoms with Crippen molar-refractivity contribution in [1.29, 1.82) is 0 Å². The van der Waals surface area contributed by atoms with E-state index in [1.165, 1.54) is 11.3 Å². The third-order valence-electron chi connectivity index (χ3n) is 2.98. The first-order chi connectivity index (χ1) is 10.1. The van der Waals surface area contributed by atoms with Gasteiger partial charge in [-0.25, -0.2) is 14.8 Å². The molecule has 0 bridgehead atoms. The highest BCUT2D eigenvalue weighted by molar-refractivity contribution is 7.17. The van der Waals surface area contributed by atoms with Gasteiger partial charge in [-0.05, 0) is 30.5 Å². The Morgan fingerprint density at radius 2 is 2.19 bits per heavy atom. The lowest BCUT2D eigenvalue weighted by molar-refractivity contribution is 0.0693. The number of nitrogens with zero attached hydrogens (tertiary/aromatic N) is 3. The fourth-order valence-corrected chi connectivity index (χ4v) is 2.78. The second-order valence-corrected chi connectivity index (χ2v) is 5.37. The minimum Gasteiger partial charge on any atom is -0.476 e. The van der Waals surface area contributed by atoms with Gasteiger partial charge in [0.05, 0.1) is 22.0 Å². The van der Waals surface area contributed by atoms with Crippen LogP contribution in [0.3, 0.4) is 0 Å². The molecule has 1 unspecified atom stereocenters. The number of hydrogen-bond donors (Lipinski definition) is 2. The molecule has 106 valence electrons. The first kappa shape index (κ1) is 13.4. The van der Waals surface area contributed by atoms with E-state index >= 15 is 0 Å². The largest absolute Gasteiger partial charge is 0.476 e. The summed E-state index contributed by atoms with van der Waals surface area (Å²) in [6, 6.07) is 7.28. The second-order valence-electron chi connectivity index (χ2n) is 4.46. The number of carboxylic acid groups (broad SMARTS) is 1. The van der Waals surface area contributed by atoms with Crippen LogP contribution in [0, 0.1) is 0 Å². The highest BCUT2D eigenvalue weighted by Gasteiger charge is 2.16. The Kier molecular flexibility index (Phi) is 3.49. The molecule has 0 amide bonds. The molecule has 0 saturated carbocycles. The fraction of sp³-hybridized carbons (Fsp3) is 0.143. The van der Waals surface area contributed by atoms with Crippen molar-refractivity contribution in [3.8, 4) is 0 Å². The van der Waals surface area contributed by atoms with Crippen molar-refractivity contribution in [3.05, 3.63) is 47.2 Å². The van der Waals surface area contributed by atoms with Crippen molar-refractivity contribution in [2.24, 2.45) is 0 Å². The van der Waals surface area contributed by atoms with Crippen LogP contribution in [-0.2, 0) is 0 Å². The summed E-state index contributed by atoms with van der Waals surface area (Å²) in [5.74, 6) is -0.769. The minimum atomic E-state index is -1.06. The molecule has 1 atom stereocenters. The Morgan fingerprint density at radius 1 is 1.33 bits per heavy atom. The van der Waals surface area contributed by atoms with E-state index < -0.39 is 5.97 Å². The van der Waals surface area contributed by atoms with Crippen LogP contribution in [0.25, 0.3) is 10.2 Å². The van der Waals surface area contributed by atoms with Gasteiger partial charge in [0.1, 0.15) is 0 Å². The highest BCUT2D eigenvalue weighted by atomic mass is 32.1. The number of fused-ring (bicyclic) bond motifs is 1. The molecule has 0 fully saturated rings. The summed E-state index contributed by atoms with van der Waals surface area (Å²) in [4.78, 5) is 24.0. The molecule has 21 heavy (non-hydrogen) atoms. The third-order valence-corrected chi connectivity index (χ3v) is 3.89. The van der Waals surface area contributed by atoms with Crippen LogP contribution < -0.4 is 5.32 Å². The van der Waals surface area contributed by atoms with Gasteiger partial charge in [-0.3, -0.25) is 4.98 Å². The average molecular weight is 300 g/mol. The Bertz CT molecular complexity index is 788. The van der Waals surface area contributed by atoms with Crippen LogP contribution in [0.4, 0.5) is 5.95 Å². The highest BCUT2D eigenvalue weighted by Crippen LogP contribution is 2.24. The lowest BCUT2D eigenvalue weighted by Gasteiger charge is -2.13. The zero-order valence-corrected chi connectivity index (χ0v) is 12.0. The fourth-order valence-electron chi connectivity index (χ4n) is 1.97. The SMILES string of the molecule is CC(Nc1nc(C(=O)O)c2sccc2n1)c1ccccn1. The van der Waals surface area contributed by atoms with Gasteiger partial charge in [0, 0.05) is 6.20 Å². The summed E-state index contributed by atoms with van der Waals surface area (Å²) >= 11 is 1.32. The van der Waals surface area contributed by atoms with E-state index in [1.807, 2.05) is 25.1 Å². The van der Waals surface area contributed by atoms with Crippen molar-refractivity contribution in [1.82, 2.24) is 15.0 Å². The smallest absolute Gasteiger partial charge is 0.356 e. The maximum Gasteiger partial charge on any atom is 0.356 e. The maximum atomic E-state index is 11.3. The van der Waals surface area contributed by atoms with Gasteiger partial charge in [0.2, 0.25) is 5.95 Å². The summed E-state index contributed by atoms with van der Waals surface area (Å²) in [5, 5.41) is 14.1. The van der Waals surface area contributed by atoms with Gasteiger partial charge >= 0.3 is 5.97 Å². The van der Waals surface area contributed by atoms with Gasteiger partial charge in [-0.2, -0.15) is 0 Å². The van der Waals surface area contributed by atoms with E-state index in [2.05, 4.69) is 20.3 Å². The van der Waals surface area contributed by atoms with Crippen LogP contribution in [0.2, 0.25) is 0 Å². The van der Waals surface area contributed by atoms with Crippen LogP contribution in [-0.4, -0.2) is 26.0 Å². The van der Waals surface area contributed by atoms with Crippen LogP contribution in [0.5, 0.6) is 0 Å². The summed E-state index contributed by atoms with van der Waals surface area (Å²) in [6.07, 6.45) is 1.71. The van der Waals surface area contributed by atoms with E-state index in [0.717, 1.165) is 5.69 Å². The molecule has 3 aromatic heterocycles. The van der Waals surface area contributed by atoms with Gasteiger partial charge < -0.3 is 10.4 Å². The van der Waals surface area contributed by atoms with Crippen LogP contribution >= 0.6 is 11.3 Å². The first-order valence-corrected chi connectivity index (χ1v) is 7.19. The molecule has 0 aliphatic heterocycles. The number of thiophene rings is 1. The molecule has 7 heteroatoms. The van der Waals surface area contributed by atoms with Crippen LogP contribution in [0.1, 0.15) is 29.1 Å². The van der Waals surface area contributed by atoms with Crippen molar-refractivity contribution >= 4 is 33.5 Å². The summed E-state index contributed by atoms with van der Waals surface area (Å²) in [7, 11) is 0. The maximum absolute atomic E-state index is 11.3. The number of pyridine rings is 1. The van der Waals surface area contributed by atoms with E-state index in [9.17, 15) is 9.90 Å². The number of nitrogens with one attached hydrogen (secondary N) is 1. The molecule has 6 nitrogen and oxygen atoms in total. The number of carboxylic acids is 1. The zero-order valence-electron chi connectivity index (χ0n) is 11.1. The van der Waals surface area contributed by atoms with Crippen molar-refractivity contribution < 1.29 is 9.90 Å². The molecular weight excluding hydrogens is 288 g/mol. The van der Waals surface area contributed by atoms with Gasteiger partial charge in [0.25, 0.3) is 0 Å². The third kappa shape index (κ3) is 2.68. The predicted octanol–water partition coefficient (Wildman–Crippen LogP) is 2.96. The van der Waals surface area contributed by atoms with Gasteiger partial charge in [-0.1, -0.05) is 6.07 Å². The normalized spacial score (nSPS) is 12.2. The number of aromatic carboxylic acids is 1. The van der Waals surface area contributed by atoms with E-state index in [4.69, 9.17) is 0 Å². The minimum absolute atomic E-state index is 0.0192. The number of rotatable bonds is 4. The first-order valence-electron chi connectivity index (χ1n) is 6.31. The lowest BCUT2D eigenvalue weighted by atomic mass is 10.2. The number of aromatic nitrogens is 3. The van der Waals surface area contributed by atoms with Crippen molar-refractivity contribution in [2.75, 3.05) is 5.32 Å². The van der Waals surface area contributed by atoms with Gasteiger partial charge in [0.15, 0.2) is 5.69 Å². The number of hydrogen-bond acceptors (Lipinski definition) is 6. The molecule has 0 aliphatic rings. The lowest BCUT2D eigenvalue weighted by Crippen LogP contribution is -2.12. The monoisotopic (exact) mass is 300 g/mol. The predicted molar refractivity (Wildman–Crippen MR) is 80.6 cm³/mol. The quantitative estimate of drug-likeness (QED) is 0.770. The summed E-state index contributed by atoms with van der Waals surface area (Å²) in [6.45, 7) is 1.92. The molecule has 3 rings (SSSR count). The van der Waals surface area contributed by atoms with E-state index in [-0.39, 0.29) is 17.7 Å². The molecule has 2 N–H and O–H groups in total.